The average Bonchev–Trinajstić information content (AvgIpc) is 2.66. The number of likely N-dealkylation sites (N-methyl/N-ethyl adjacent to an activating group) is 1. The van der Waals surface area contributed by atoms with Crippen LogP contribution in [0.3, 0.4) is 0 Å². The van der Waals surface area contributed by atoms with Crippen LogP contribution in [0, 0.1) is 0 Å². The second-order valence-electron chi connectivity index (χ2n) is 4.00. The van der Waals surface area contributed by atoms with E-state index in [9.17, 15) is 0 Å². The zero-order valence-electron chi connectivity index (χ0n) is 9.69. The maximum Gasteiger partial charge on any atom is 0.144 e. The van der Waals surface area contributed by atoms with Crippen LogP contribution < -0.4 is 10.1 Å². The zero-order valence-corrected chi connectivity index (χ0v) is 12.8. The summed E-state index contributed by atoms with van der Waals surface area (Å²) in [5.74, 6) is 0.720. The normalized spacial score (nSPS) is 22.4. The minimum Gasteiger partial charge on any atom is -0.486 e. The first-order valence-corrected chi connectivity index (χ1v) is 7.22. The summed E-state index contributed by atoms with van der Waals surface area (Å²) in [6.45, 7) is 5.03. The van der Waals surface area contributed by atoms with Crippen LogP contribution in [0.5, 0.6) is 5.75 Å². The molecule has 1 N–H and O–H groups in total. The lowest BCUT2D eigenvalue weighted by Crippen LogP contribution is -2.30. The first kappa shape index (κ1) is 13.5. The highest BCUT2D eigenvalue weighted by Gasteiger charge is 2.36. The number of benzene rings is 1. The molecule has 0 fully saturated rings. The van der Waals surface area contributed by atoms with Gasteiger partial charge < -0.3 is 10.1 Å². The Morgan fingerprint density at radius 2 is 2.12 bits per heavy atom. The summed E-state index contributed by atoms with van der Waals surface area (Å²) in [7, 11) is 0. The van der Waals surface area contributed by atoms with Gasteiger partial charge in [-0.1, -0.05) is 37.0 Å². The van der Waals surface area contributed by atoms with E-state index in [1.54, 1.807) is 6.07 Å². The molecule has 0 saturated heterocycles. The Labute approximate surface area is 120 Å². The molecule has 2 nitrogen and oxygen atoms in total. The molecule has 0 bridgehead atoms. The molecule has 0 radical (unpaired) electrons. The van der Waals surface area contributed by atoms with Crippen molar-refractivity contribution in [2.24, 2.45) is 0 Å². The van der Waals surface area contributed by atoms with Gasteiger partial charge in [0.15, 0.2) is 0 Å². The van der Waals surface area contributed by atoms with Crippen molar-refractivity contribution in [2.45, 2.75) is 32.4 Å². The van der Waals surface area contributed by atoms with Crippen molar-refractivity contribution in [2.75, 3.05) is 6.54 Å². The molecule has 2 unspecified atom stereocenters. The fraction of sp³-hybridized carbons (Fsp3) is 0.500. The molecular weight excluding hydrogens is 325 g/mol. The Balaban J connectivity index is 2.52. The van der Waals surface area contributed by atoms with Gasteiger partial charge in [-0.3, -0.25) is 0 Å². The van der Waals surface area contributed by atoms with Crippen LogP contribution in [0.15, 0.2) is 10.5 Å². The predicted octanol–water partition coefficient (Wildman–Crippen LogP) is 4.58. The van der Waals surface area contributed by atoms with Crippen molar-refractivity contribution in [1.82, 2.24) is 5.32 Å². The Morgan fingerprint density at radius 1 is 1.41 bits per heavy atom. The van der Waals surface area contributed by atoms with Crippen molar-refractivity contribution in [3.8, 4) is 5.75 Å². The van der Waals surface area contributed by atoms with E-state index in [1.165, 1.54) is 0 Å². The molecule has 0 amide bonds. The Morgan fingerprint density at radius 3 is 2.71 bits per heavy atom. The van der Waals surface area contributed by atoms with Crippen LogP contribution in [-0.2, 0) is 0 Å². The van der Waals surface area contributed by atoms with Crippen LogP contribution in [0.2, 0.25) is 10.0 Å². The molecule has 0 spiro atoms. The van der Waals surface area contributed by atoms with E-state index >= 15 is 0 Å². The van der Waals surface area contributed by atoms with Gasteiger partial charge in [-0.05, 0) is 35.0 Å². The van der Waals surface area contributed by atoms with Gasteiger partial charge in [0.2, 0.25) is 0 Å². The molecule has 1 aromatic carbocycles. The average molecular weight is 339 g/mol. The van der Waals surface area contributed by atoms with Crippen LogP contribution in [0.4, 0.5) is 0 Å². The molecule has 2 atom stereocenters. The van der Waals surface area contributed by atoms with E-state index in [0.717, 1.165) is 28.8 Å². The van der Waals surface area contributed by atoms with Gasteiger partial charge >= 0.3 is 0 Å². The topological polar surface area (TPSA) is 21.3 Å². The summed E-state index contributed by atoms with van der Waals surface area (Å²) >= 11 is 16.0. The quantitative estimate of drug-likeness (QED) is 0.814. The lowest BCUT2D eigenvalue weighted by Gasteiger charge is -2.18. The SMILES string of the molecule is CCNC1c2c(Cl)c(Br)cc(Cl)c2OC1CC. The molecule has 1 aromatic rings. The summed E-state index contributed by atoms with van der Waals surface area (Å²) in [6.07, 6.45) is 1.01. The Bertz CT molecular complexity index is 439. The highest BCUT2D eigenvalue weighted by molar-refractivity contribution is 9.10. The summed E-state index contributed by atoms with van der Waals surface area (Å²) in [5, 5.41) is 4.70. The standard InChI is InChI=1S/C12H14BrCl2NO/c1-3-8-11(16-4-2)9-10(15)6(13)5-7(14)12(9)17-8/h5,8,11,16H,3-4H2,1-2H3. The second kappa shape index (κ2) is 5.35. The van der Waals surface area contributed by atoms with Crippen molar-refractivity contribution >= 4 is 39.1 Å². The molecule has 0 saturated carbocycles. The summed E-state index contributed by atoms with van der Waals surface area (Å²) in [4.78, 5) is 0. The predicted molar refractivity (Wildman–Crippen MR) is 75.3 cm³/mol. The van der Waals surface area contributed by atoms with E-state index in [4.69, 9.17) is 27.9 Å². The Hall–Kier alpha value is 0.0400. The maximum atomic E-state index is 6.34. The van der Waals surface area contributed by atoms with Crippen LogP contribution in [0.1, 0.15) is 31.9 Å². The summed E-state index contributed by atoms with van der Waals surface area (Å²) in [5.41, 5.74) is 0.972. The number of rotatable bonds is 3. The Kier molecular flexibility index (Phi) is 4.24. The molecule has 1 aliphatic rings. The molecule has 94 valence electrons. The van der Waals surface area contributed by atoms with Crippen LogP contribution >= 0.6 is 39.1 Å². The zero-order chi connectivity index (χ0) is 12.6. The van der Waals surface area contributed by atoms with Gasteiger partial charge in [0.1, 0.15) is 11.9 Å². The summed E-state index contributed by atoms with van der Waals surface area (Å²) in [6, 6.07) is 1.89. The highest BCUT2D eigenvalue weighted by Crippen LogP contribution is 2.48. The lowest BCUT2D eigenvalue weighted by atomic mass is 10.0. The van der Waals surface area contributed by atoms with E-state index in [1.807, 2.05) is 0 Å². The molecule has 0 aromatic heterocycles. The van der Waals surface area contributed by atoms with Crippen molar-refractivity contribution in [3.63, 3.8) is 0 Å². The third-order valence-electron chi connectivity index (χ3n) is 2.94. The van der Waals surface area contributed by atoms with Gasteiger partial charge in [-0.25, -0.2) is 0 Å². The molecule has 17 heavy (non-hydrogen) atoms. The van der Waals surface area contributed by atoms with Gasteiger partial charge in [0.25, 0.3) is 0 Å². The number of hydrogen-bond acceptors (Lipinski definition) is 2. The number of fused-ring (bicyclic) bond motifs is 1. The first-order valence-electron chi connectivity index (χ1n) is 5.67. The molecule has 1 aliphatic heterocycles. The number of ether oxygens (including phenoxy) is 1. The summed E-state index contributed by atoms with van der Waals surface area (Å²) < 4.78 is 6.70. The molecule has 5 heteroatoms. The van der Waals surface area contributed by atoms with Crippen molar-refractivity contribution in [3.05, 3.63) is 26.1 Å². The van der Waals surface area contributed by atoms with E-state index in [-0.39, 0.29) is 12.1 Å². The van der Waals surface area contributed by atoms with E-state index in [0.29, 0.717) is 10.0 Å². The first-order chi connectivity index (χ1) is 8.10. The maximum absolute atomic E-state index is 6.34. The molecular formula is C12H14BrCl2NO. The van der Waals surface area contributed by atoms with Gasteiger partial charge in [-0.2, -0.15) is 0 Å². The fourth-order valence-corrected chi connectivity index (χ4v) is 3.26. The number of halogens is 3. The van der Waals surface area contributed by atoms with E-state index in [2.05, 4.69) is 35.1 Å². The van der Waals surface area contributed by atoms with Crippen LogP contribution in [-0.4, -0.2) is 12.6 Å². The van der Waals surface area contributed by atoms with E-state index < -0.39 is 0 Å². The molecule has 1 heterocycles. The van der Waals surface area contributed by atoms with Crippen LogP contribution in [0.25, 0.3) is 0 Å². The molecule has 0 aliphatic carbocycles. The largest absolute Gasteiger partial charge is 0.486 e. The van der Waals surface area contributed by atoms with Gasteiger partial charge in [0.05, 0.1) is 16.1 Å². The second-order valence-corrected chi connectivity index (χ2v) is 5.64. The minimum absolute atomic E-state index is 0.0919. The number of hydrogen-bond donors (Lipinski definition) is 1. The minimum atomic E-state index is 0.0919. The monoisotopic (exact) mass is 337 g/mol. The van der Waals surface area contributed by atoms with Gasteiger partial charge in [-0.15, -0.1) is 0 Å². The highest BCUT2D eigenvalue weighted by atomic mass is 79.9. The molecule has 2 rings (SSSR count). The lowest BCUT2D eigenvalue weighted by molar-refractivity contribution is 0.186. The fourth-order valence-electron chi connectivity index (χ4n) is 2.17. The third-order valence-corrected chi connectivity index (χ3v) is 4.48. The van der Waals surface area contributed by atoms with Gasteiger partial charge in [0, 0.05) is 10.0 Å². The van der Waals surface area contributed by atoms with Crippen molar-refractivity contribution < 1.29 is 4.74 Å². The van der Waals surface area contributed by atoms with Crippen molar-refractivity contribution in [1.29, 1.82) is 0 Å². The number of nitrogens with one attached hydrogen (secondary N) is 1. The smallest absolute Gasteiger partial charge is 0.144 e. The third kappa shape index (κ3) is 2.30.